The smallest absolute Gasteiger partial charge is 0.270 e. The van der Waals surface area contributed by atoms with Crippen LogP contribution in [-0.2, 0) is 4.74 Å². The minimum Gasteiger partial charge on any atom is -0.396 e. The molecular weight excluding hydrogens is 306 g/mol. The molecule has 1 amide bonds. The molecule has 0 radical (unpaired) electrons. The number of morpholine rings is 1. The second-order valence-electron chi connectivity index (χ2n) is 5.84. The molecule has 1 aromatic rings. The van der Waals surface area contributed by atoms with Gasteiger partial charge >= 0.3 is 0 Å². The summed E-state index contributed by atoms with van der Waals surface area (Å²) in [6.07, 6.45) is 3.11. The lowest BCUT2D eigenvalue weighted by Crippen LogP contribution is -2.46. The fourth-order valence-electron chi connectivity index (χ4n) is 3.14. The van der Waals surface area contributed by atoms with E-state index < -0.39 is 0 Å². The van der Waals surface area contributed by atoms with Crippen molar-refractivity contribution in [3.05, 3.63) is 29.0 Å². The maximum Gasteiger partial charge on any atom is 0.270 e. The van der Waals surface area contributed by atoms with Crippen molar-refractivity contribution in [1.29, 1.82) is 0 Å². The zero-order valence-electron chi connectivity index (χ0n) is 12.2. The molecule has 0 spiro atoms. The van der Waals surface area contributed by atoms with Gasteiger partial charge in [-0.15, -0.1) is 0 Å². The topological polar surface area (TPSA) is 74.7 Å². The highest BCUT2D eigenvalue weighted by molar-refractivity contribution is 6.30. The standard InChI is InChI=1S/C15H20ClN3O3/c16-10-1-2-14(17-6-10)15(21)18-11-5-12-9-22-13(3-4-20)8-19(12)7-11/h1-2,6,11-13,20H,3-5,7-9H2,(H,18,21)/t11-,12-,13-/m0/s1. The van der Waals surface area contributed by atoms with Crippen LogP contribution in [0.3, 0.4) is 0 Å². The van der Waals surface area contributed by atoms with Gasteiger partial charge in [-0.25, -0.2) is 4.98 Å². The Hall–Kier alpha value is -1.21. The molecule has 2 aliphatic heterocycles. The highest BCUT2D eigenvalue weighted by atomic mass is 35.5. The minimum atomic E-state index is -0.172. The van der Waals surface area contributed by atoms with Crippen LogP contribution >= 0.6 is 11.6 Å². The van der Waals surface area contributed by atoms with Crippen molar-refractivity contribution < 1.29 is 14.6 Å². The van der Waals surface area contributed by atoms with E-state index in [1.165, 1.54) is 6.20 Å². The Bertz CT molecular complexity index is 525. The molecule has 1 aromatic heterocycles. The highest BCUT2D eigenvalue weighted by Crippen LogP contribution is 2.24. The molecule has 0 aliphatic carbocycles. The Morgan fingerprint density at radius 2 is 2.36 bits per heavy atom. The van der Waals surface area contributed by atoms with E-state index in [-0.39, 0.29) is 24.7 Å². The lowest BCUT2D eigenvalue weighted by atomic mass is 10.1. The second-order valence-corrected chi connectivity index (χ2v) is 6.28. The number of pyridine rings is 1. The maximum atomic E-state index is 12.2. The number of halogens is 1. The molecule has 3 atom stereocenters. The van der Waals surface area contributed by atoms with E-state index in [4.69, 9.17) is 21.4 Å². The zero-order chi connectivity index (χ0) is 15.5. The van der Waals surface area contributed by atoms with Crippen LogP contribution in [0.25, 0.3) is 0 Å². The minimum absolute atomic E-state index is 0.0913. The van der Waals surface area contributed by atoms with Crippen LogP contribution in [0.2, 0.25) is 5.02 Å². The number of aliphatic hydroxyl groups excluding tert-OH is 1. The molecule has 0 saturated carbocycles. The number of nitrogens with zero attached hydrogens (tertiary/aromatic N) is 2. The van der Waals surface area contributed by atoms with Gasteiger partial charge in [0.05, 0.1) is 17.7 Å². The zero-order valence-corrected chi connectivity index (χ0v) is 13.0. The number of fused-ring (bicyclic) bond motifs is 1. The second kappa shape index (κ2) is 6.91. The molecule has 120 valence electrons. The summed E-state index contributed by atoms with van der Waals surface area (Å²) in [7, 11) is 0. The Labute approximate surface area is 134 Å². The molecule has 2 saturated heterocycles. The van der Waals surface area contributed by atoms with Crippen molar-refractivity contribution in [3.8, 4) is 0 Å². The molecule has 7 heteroatoms. The van der Waals surface area contributed by atoms with Crippen LogP contribution in [-0.4, -0.2) is 65.4 Å². The summed E-state index contributed by atoms with van der Waals surface area (Å²) in [5.41, 5.74) is 0.378. The number of amides is 1. The summed E-state index contributed by atoms with van der Waals surface area (Å²) < 4.78 is 5.74. The monoisotopic (exact) mass is 325 g/mol. The van der Waals surface area contributed by atoms with Gasteiger partial charge in [-0.1, -0.05) is 11.6 Å². The first-order valence-electron chi connectivity index (χ1n) is 7.54. The van der Waals surface area contributed by atoms with E-state index in [9.17, 15) is 4.79 Å². The number of hydrogen-bond donors (Lipinski definition) is 2. The summed E-state index contributed by atoms with van der Waals surface area (Å²) in [5.74, 6) is -0.172. The Kier molecular flexibility index (Phi) is 4.93. The SMILES string of the molecule is O=C(N[C@H]1C[C@H]2CO[C@@H](CCO)CN2C1)c1ccc(Cl)cn1. The third-order valence-electron chi connectivity index (χ3n) is 4.24. The number of ether oxygens (including phenoxy) is 1. The number of aromatic nitrogens is 1. The quantitative estimate of drug-likeness (QED) is 0.852. The Morgan fingerprint density at radius 1 is 1.50 bits per heavy atom. The van der Waals surface area contributed by atoms with Crippen molar-refractivity contribution in [2.24, 2.45) is 0 Å². The van der Waals surface area contributed by atoms with Gasteiger partial charge in [0.2, 0.25) is 0 Å². The summed E-state index contributed by atoms with van der Waals surface area (Å²) in [4.78, 5) is 18.6. The van der Waals surface area contributed by atoms with Crippen LogP contribution in [0.5, 0.6) is 0 Å². The Balaban J connectivity index is 1.54. The first-order chi connectivity index (χ1) is 10.7. The molecule has 0 unspecified atom stereocenters. The van der Waals surface area contributed by atoms with Gasteiger partial charge < -0.3 is 15.2 Å². The van der Waals surface area contributed by atoms with E-state index in [1.54, 1.807) is 12.1 Å². The fourth-order valence-corrected chi connectivity index (χ4v) is 3.25. The van der Waals surface area contributed by atoms with Gasteiger partial charge in [0.15, 0.2) is 0 Å². The molecule has 0 aromatic carbocycles. The normalized spacial score (nSPS) is 28.4. The van der Waals surface area contributed by atoms with Gasteiger partial charge in [0.1, 0.15) is 5.69 Å². The molecule has 3 rings (SSSR count). The largest absolute Gasteiger partial charge is 0.396 e. The van der Waals surface area contributed by atoms with E-state index in [0.29, 0.717) is 29.8 Å². The van der Waals surface area contributed by atoms with Crippen molar-refractivity contribution >= 4 is 17.5 Å². The molecule has 22 heavy (non-hydrogen) atoms. The molecule has 0 bridgehead atoms. The average Bonchev–Trinajstić information content (AvgIpc) is 2.89. The van der Waals surface area contributed by atoms with Gasteiger partial charge in [0, 0.05) is 38.0 Å². The van der Waals surface area contributed by atoms with Crippen molar-refractivity contribution in [2.75, 3.05) is 26.3 Å². The Morgan fingerprint density at radius 3 is 3.09 bits per heavy atom. The summed E-state index contributed by atoms with van der Waals surface area (Å²) in [6, 6.07) is 3.74. The predicted octanol–water partition coefficient (Wildman–Crippen LogP) is 0.689. The van der Waals surface area contributed by atoms with Crippen LogP contribution in [0.4, 0.5) is 0 Å². The number of hydrogen-bond acceptors (Lipinski definition) is 5. The molecular formula is C15H20ClN3O3. The molecule has 2 aliphatic rings. The summed E-state index contributed by atoms with van der Waals surface area (Å²) in [6.45, 7) is 2.44. The van der Waals surface area contributed by atoms with E-state index in [1.807, 2.05) is 0 Å². The van der Waals surface area contributed by atoms with Crippen molar-refractivity contribution in [2.45, 2.75) is 31.0 Å². The summed E-state index contributed by atoms with van der Waals surface area (Å²) in [5, 5.41) is 12.5. The third kappa shape index (κ3) is 3.57. The molecule has 2 N–H and O–H groups in total. The average molecular weight is 326 g/mol. The lowest BCUT2D eigenvalue weighted by Gasteiger charge is -2.34. The summed E-state index contributed by atoms with van der Waals surface area (Å²) >= 11 is 5.78. The van der Waals surface area contributed by atoms with E-state index >= 15 is 0 Å². The molecule has 6 nitrogen and oxygen atoms in total. The number of carbonyl (C=O) groups is 1. The number of nitrogens with one attached hydrogen (secondary N) is 1. The molecule has 3 heterocycles. The number of aliphatic hydroxyl groups is 1. The van der Waals surface area contributed by atoms with Crippen molar-refractivity contribution in [1.82, 2.24) is 15.2 Å². The van der Waals surface area contributed by atoms with Gasteiger partial charge in [-0.05, 0) is 25.0 Å². The maximum absolute atomic E-state index is 12.2. The fraction of sp³-hybridized carbons (Fsp3) is 0.600. The van der Waals surface area contributed by atoms with Crippen LogP contribution in [0, 0.1) is 0 Å². The number of carbonyl (C=O) groups excluding carboxylic acids is 1. The van der Waals surface area contributed by atoms with Gasteiger partial charge in [-0.2, -0.15) is 0 Å². The lowest BCUT2D eigenvalue weighted by molar-refractivity contribution is -0.0566. The highest BCUT2D eigenvalue weighted by Gasteiger charge is 2.37. The molecule has 2 fully saturated rings. The van der Waals surface area contributed by atoms with Crippen LogP contribution in [0.15, 0.2) is 18.3 Å². The first kappa shape index (κ1) is 15.7. The van der Waals surface area contributed by atoms with Gasteiger partial charge in [0.25, 0.3) is 5.91 Å². The van der Waals surface area contributed by atoms with E-state index in [2.05, 4.69) is 15.2 Å². The first-order valence-corrected chi connectivity index (χ1v) is 7.92. The third-order valence-corrected chi connectivity index (χ3v) is 4.46. The predicted molar refractivity (Wildman–Crippen MR) is 81.9 cm³/mol. The van der Waals surface area contributed by atoms with Crippen LogP contribution < -0.4 is 5.32 Å². The van der Waals surface area contributed by atoms with E-state index in [0.717, 1.165) is 19.5 Å². The van der Waals surface area contributed by atoms with Gasteiger partial charge in [-0.3, -0.25) is 9.69 Å². The van der Waals surface area contributed by atoms with Crippen LogP contribution in [0.1, 0.15) is 23.3 Å². The van der Waals surface area contributed by atoms with Crippen molar-refractivity contribution in [3.63, 3.8) is 0 Å². The number of rotatable bonds is 4.